The number of hydrogen-bond acceptors (Lipinski definition) is 5. The molecule has 29 heavy (non-hydrogen) atoms. The van der Waals surface area contributed by atoms with Gasteiger partial charge in [-0.15, -0.1) is 0 Å². The largest absolute Gasteiger partial charge is 0.488 e. The molecule has 0 unspecified atom stereocenters. The Kier molecular flexibility index (Phi) is 5.07. The van der Waals surface area contributed by atoms with E-state index in [2.05, 4.69) is 15.6 Å². The normalized spacial score (nSPS) is 10.7. The number of benzene rings is 2. The summed E-state index contributed by atoms with van der Waals surface area (Å²) in [6.45, 7) is 0.195. The van der Waals surface area contributed by atoms with Gasteiger partial charge in [-0.1, -0.05) is 23.4 Å². The van der Waals surface area contributed by atoms with Crippen LogP contribution >= 0.6 is 0 Å². The average Bonchev–Trinajstić information content (AvgIpc) is 3.39. The van der Waals surface area contributed by atoms with Crippen LogP contribution in [0.1, 0.15) is 15.9 Å². The molecule has 0 aliphatic carbocycles. The van der Waals surface area contributed by atoms with Gasteiger partial charge in [0.1, 0.15) is 30.1 Å². The first-order chi connectivity index (χ1) is 14.1. The molecule has 146 valence electrons. The van der Waals surface area contributed by atoms with E-state index in [0.717, 1.165) is 16.7 Å². The predicted octanol–water partition coefficient (Wildman–Crippen LogP) is 4.05. The zero-order valence-electron chi connectivity index (χ0n) is 15.5. The molecule has 0 saturated heterocycles. The lowest BCUT2D eigenvalue weighted by Crippen LogP contribution is -2.13. The van der Waals surface area contributed by atoms with Crippen molar-refractivity contribution in [2.75, 3.05) is 5.32 Å². The summed E-state index contributed by atoms with van der Waals surface area (Å²) in [6, 6.07) is 11.3. The quantitative estimate of drug-likeness (QED) is 0.535. The third-order valence-electron chi connectivity index (χ3n) is 4.26. The molecule has 4 rings (SSSR count). The van der Waals surface area contributed by atoms with Crippen molar-refractivity contribution in [2.45, 2.75) is 6.61 Å². The zero-order valence-corrected chi connectivity index (χ0v) is 15.5. The number of rotatable bonds is 6. The van der Waals surface area contributed by atoms with Crippen LogP contribution in [0.25, 0.3) is 11.1 Å². The van der Waals surface area contributed by atoms with Crippen LogP contribution in [0.15, 0.2) is 71.8 Å². The Labute approximate surface area is 165 Å². The van der Waals surface area contributed by atoms with Crippen LogP contribution in [0.3, 0.4) is 0 Å². The number of aromatic nitrogens is 3. The maximum Gasteiger partial charge on any atom is 0.259 e. The highest BCUT2D eigenvalue weighted by Crippen LogP contribution is 2.28. The van der Waals surface area contributed by atoms with Gasteiger partial charge < -0.3 is 14.6 Å². The lowest BCUT2D eigenvalue weighted by Gasteiger charge is -2.13. The van der Waals surface area contributed by atoms with Gasteiger partial charge in [-0.3, -0.25) is 9.48 Å². The van der Waals surface area contributed by atoms with E-state index >= 15 is 0 Å². The second kappa shape index (κ2) is 7.97. The van der Waals surface area contributed by atoms with Gasteiger partial charge in [0.05, 0.1) is 18.0 Å². The first kappa shape index (κ1) is 18.4. The fourth-order valence-electron chi connectivity index (χ4n) is 2.79. The van der Waals surface area contributed by atoms with E-state index in [-0.39, 0.29) is 18.3 Å². The first-order valence-corrected chi connectivity index (χ1v) is 8.79. The lowest BCUT2D eigenvalue weighted by atomic mass is 10.0. The number of hydrogen-bond donors (Lipinski definition) is 1. The Bertz CT molecular complexity index is 1120. The average molecular weight is 392 g/mol. The van der Waals surface area contributed by atoms with Gasteiger partial charge >= 0.3 is 0 Å². The summed E-state index contributed by atoms with van der Waals surface area (Å²) in [6.07, 6.45) is 6.32. The lowest BCUT2D eigenvalue weighted by molar-refractivity contribution is 0.102. The van der Waals surface area contributed by atoms with E-state index in [4.69, 9.17) is 9.26 Å². The summed E-state index contributed by atoms with van der Waals surface area (Å²) in [4.78, 5) is 12.8. The SMILES string of the molecule is Cn1cc(-c2ccc(OCc3ccc(F)cc3)c(C(=O)Nc3cnoc3)c2)cn1. The van der Waals surface area contributed by atoms with Crippen LogP contribution in [0, 0.1) is 5.82 Å². The molecule has 0 aliphatic rings. The first-order valence-electron chi connectivity index (χ1n) is 8.79. The molecular formula is C21H17FN4O3. The van der Waals surface area contributed by atoms with Crippen LogP contribution in [-0.4, -0.2) is 20.8 Å². The number of ether oxygens (including phenoxy) is 1. The molecule has 0 bridgehead atoms. The second-order valence-electron chi connectivity index (χ2n) is 6.40. The van der Waals surface area contributed by atoms with E-state index in [0.29, 0.717) is 17.0 Å². The molecule has 7 nitrogen and oxygen atoms in total. The number of nitrogens with one attached hydrogen (secondary N) is 1. The van der Waals surface area contributed by atoms with Crippen molar-refractivity contribution < 1.29 is 18.4 Å². The van der Waals surface area contributed by atoms with Crippen molar-refractivity contribution >= 4 is 11.6 Å². The Morgan fingerprint density at radius 3 is 2.69 bits per heavy atom. The molecule has 0 atom stereocenters. The number of halogens is 1. The molecule has 2 aromatic carbocycles. The van der Waals surface area contributed by atoms with Crippen LogP contribution < -0.4 is 10.1 Å². The zero-order chi connectivity index (χ0) is 20.2. The molecule has 1 amide bonds. The molecule has 0 radical (unpaired) electrons. The minimum atomic E-state index is -0.368. The number of anilines is 1. The highest BCUT2D eigenvalue weighted by molar-refractivity contribution is 6.06. The molecule has 8 heteroatoms. The third-order valence-corrected chi connectivity index (χ3v) is 4.26. The summed E-state index contributed by atoms with van der Waals surface area (Å²) < 4.78 is 25.4. The minimum absolute atomic E-state index is 0.195. The third kappa shape index (κ3) is 4.32. The molecule has 0 fully saturated rings. The van der Waals surface area contributed by atoms with Gasteiger partial charge in [-0.2, -0.15) is 5.10 Å². The number of nitrogens with zero attached hydrogens (tertiary/aromatic N) is 3. The van der Waals surface area contributed by atoms with Crippen molar-refractivity contribution in [2.24, 2.45) is 7.05 Å². The summed E-state index contributed by atoms with van der Waals surface area (Å²) in [5.41, 5.74) is 3.26. The van der Waals surface area contributed by atoms with Gasteiger partial charge in [0.15, 0.2) is 0 Å². The summed E-state index contributed by atoms with van der Waals surface area (Å²) in [5.74, 6) is -0.285. The van der Waals surface area contributed by atoms with Crippen LogP contribution in [0.5, 0.6) is 5.75 Å². The van der Waals surface area contributed by atoms with E-state index in [1.807, 2.05) is 19.3 Å². The number of aryl methyl sites for hydroxylation is 1. The van der Waals surface area contributed by atoms with Crippen molar-refractivity contribution in [1.82, 2.24) is 14.9 Å². The van der Waals surface area contributed by atoms with Crippen molar-refractivity contribution in [3.63, 3.8) is 0 Å². The summed E-state index contributed by atoms with van der Waals surface area (Å²) in [7, 11) is 1.82. The van der Waals surface area contributed by atoms with Gasteiger partial charge in [-0.25, -0.2) is 4.39 Å². The summed E-state index contributed by atoms with van der Waals surface area (Å²) >= 11 is 0. The number of amides is 1. The van der Waals surface area contributed by atoms with E-state index < -0.39 is 0 Å². The van der Waals surface area contributed by atoms with Crippen molar-refractivity contribution in [1.29, 1.82) is 0 Å². The maximum absolute atomic E-state index is 13.1. The van der Waals surface area contributed by atoms with Crippen LogP contribution in [-0.2, 0) is 13.7 Å². The molecular weight excluding hydrogens is 375 g/mol. The Hall–Kier alpha value is -3.94. The standard InChI is InChI=1S/C21H17FN4O3/c1-26-11-16(9-23-26)15-4-7-20(28-12-14-2-5-17(22)6-3-14)19(8-15)21(27)25-18-10-24-29-13-18/h2-11,13H,12H2,1H3,(H,25,27). The highest BCUT2D eigenvalue weighted by atomic mass is 19.1. The Morgan fingerprint density at radius 1 is 1.17 bits per heavy atom. The van der Waals surface area contributed by atoms with Gasteiger partial charge in [-0.05, 0) is 35.4 Å². The van der Waals surface area contributed by atoms with E-state index in [9.17, 15) is 9.18 Å². The molecule has 2 heterocycles. The predicted molar refractivity (Wildman–Crippen MR) is 104 cm³/mol. The molecule has 0 aliphatic heterocycles. The van der Waals surface area contributed by atoms with Crippen molar-refractivity contribution in [3.8, 4) is 16.9 Å². The highest BCUT2D eigenvalue weighted by Gasteiger charge is 2.16. The molecule has 2 aromatic heterocycles. The summed E-state index contributed by atoms with van der Waals surface area (Å²) in [5, 5.41) is 10.5. The second-order valence-corrected chi connectivity index (χ2v) is 6.40. The van der Waals surface area contributed by atoms with Gasteiger partial charge in [0.25, 0.3) is 5.91 Å². The Morgan fingerprint density at radius 2 is 2.00 bits per heavy atom. The van der Waals surface area contributed by atoms with Gasteiger partial charge in [0, 0.05) is 18.8 Å². The number of carbonyl (C=O) groups is 1. The Balaban J connectivity index is 1.63. The number of carbonyl (C=O) groups excluding carboxylic acids is 1. The monoisotopic (exact) mass is 392 g/mol. The molecule has 1 N–H and O–H groups in total. The molecule has 4 aromatic rings. The molecule has 0 spiro atoms. The van der Waals surface area contributed by atoms with Gasteiger partial charge in [0.2, 0.25) is 0 Å². The van der Waals surface area contributed by atoms with E-state index in [1.165, 1.54) is 24.6 Å². The fraction of sp³-hybridized carbons (Fsp3) is 0.0952. The van der Waals surface area contributed by atoms with Crippen LogP contribution in [0.2, 0.25) is 0 Å². The minimum Gasteiger partial charge on any atom is -0.488 e. The smallest absolute Gasteiger partial charge is 0.259 e. The topological polar surface area (TPSA) is 82.2 Å². The molecule has 0 saturated carbocycles. The maximum atomic E-state index is 13.1. The van der Waals surface area contributed by atoms with Crippen molar-refractivity contribution in [3.05, 3.63) is 84.3 Å². The fourth-order valence-corrected chi connectivity index (χ4v) is 2.79. The van der Waals surface area contributed by atoms with E-state index in [1.54, 1.807) is 35.1 Å². The van der Waals surface area contributed by atoms with Crippen LogP contribution in [0.4, 0.5) is 10.1 Å².